The second-order valence-corrected chi connectivity index (χ2v) is 5.12. The molecule has 134 valence electrons. The first-order valence-electron chi connectivity index (χ1n) is 7.96. The summed E-state index contributed by atoms with van der Waals surface area (Å²) in [5.74, 6) is 0. The Morgan fingerprint density at radius 2 is 0.920 bits per heavy atom. The summed E-state index contributed by atoms with van der Waals surface area (Å²) in [5, 5.41) is 7.00. The zero-order valence-electron chi connectivity index (χ0n) is 14.4. The second kappa shape index (κ2) is 15.1. The molecule has 3 aromatic rings. The van der Waals surface area contributed by atoms with Gasteiger partial charge in [0, 0.05) is 7.11 Å². The lowest BCUT2D eigenvalue weighted by molar-refractivity contribution is 0.107. The van der Waals surface area contributed by atoms with Gasteiger partial charge in [0.15, 0.2) is 0 Å². The van der Waals surface area contributed by atoms with Crippen molar-refractivity contribution in [1.29, 1.82) is 0 Å². The Kier molecular flexibility index (Phi) is 13.7. The van der Waals surface area contributed by atoms with Gasteiger partial charge in [-0.2, -0.15) is 0 Å². The van der Waals surface area contributed by atoms with Crippen LogP contribution in [0.4, 0.5) is 0 Å². The Morgan fingerprint density at radius 1 is 0.600 bits per heavy atom. The van der Waals surface area contributed by atoms with Crippen LogP contribution in [0.1, 0.15) is 24.1 Å². The second-order valence-electron chi connectivity index (χ2n) is 5.12. The highest BCUT2D eigenvalue weighted by atomic mass is 16.5. The third-order valence-electron chi connectivity index (χ3n) is 3.16. The number of ether oxygens (including phenoxy) is 1. The minimum atomic E-state index is 0. The predicted octanol–water partition coefficient (Wildman–Crippen LogP) is 5.64. The summed E-state index contributed by atoms with van der Waals surface area (Å²) in [4.78, 5) is 0. The molecule has 0 aromatic heterocycles. The summed E-state index contributed by atoms with van der Waals surface area (Å²) in [6.07, 6.45) is 0. The largest absolute Gasteiger partial charge is 0.400 e. The van der Waals surface area contributed by atoms with Gasteiger partial charge in [0.2, 0.25) is 0 Å². The lowest BCUT2D eigenvalue weighted by Gasteiger charge is -2.03. The number of hydrogen-bond donors (Lipinski definition) is 1. The molecule has 0 aliphatic carbocycles. The zero-order valence-corrected chi connectivity index (χ0v) is 14.4. The van der Waals surface area contributed by atoms with Gasteiger partial charge in [0.25, 0.3) is 0 Å². The van der Waals surface area contributed by atoms with Crippen LogP contribution in [-0.2, 0) is 18.0 Å². The van der Waals surface area contributed by atoms with Crippen molar-refractivity contribution in [2.24, 2.45) is 0 Å². The maximum atomic E-state index is 7.00. The van der Waals surface area contributed by atoms with Gasteiger partial charge in [-0.25, -0.2) is 0 Å². The van der Waals surface area contributed by atoms with Crippen molar-refractivity contribution in [1.82, 2.24) is 0 Å². The highest BCUT2D eigenvalue weighted by Gasteiger charge is 1.93. The molecule has 1 N–H and O–H groups in total. The summed E-state index contributed by atoms with van der Waals surface area (Å²) in [5.41, 5.74) is 3.75. The predicted molar refractivity (Wildman–Crippen MR) is 107 cm³/mol. The fourth-order valence-electron chi connectivity index (χ4n) is 1.97. The highest BCUT2D eigenvalue weighted by molar-refractivity contribution is 5.15. The molecular formula is C23H30O2. The van der Waals surface area contributed by atoms with E-state index < -0.39 is 0 Å². The molecule has 0 saturated carbocycles. The number of aliphatic hydroxyl groups excluding tert-OH is 1. The van der Waals surface area contributed by atoms with Gasteiger partial charge in [-0.15, -0.1) is 0 Å². The van der Waals surface area contributed by atoms with E-state index in [1.54, 1.807) is 0 Å². The molecule has 2 heteroatoms. The Bertz CT molecular complexity index is 583. The van der Waals surface area contributed by atoms with Crippen molar-refractivity contribution >= 4 is 0 Å². The maximum Gasteiger partial charge on any atom is 0.0721 e. The van der Waals surface area contributed by atoms with Crippen LogP contribution in [-0.4, -0.2) is 12.2 Å². The van der Waals surface area contributed by atoms with Gasteiger partial charge in [0.1, 0.15) is 0 Å². The van der Waals surface area contributed by atoms with Crippen molar-refractivity contribution in [2.75, 3.05) is 7.11 Å². The molecule has 2 nitrogen and oxygen atoms in total. The van der Waals surface area contributed by atoms with E-state index in [1.807, 2.05) is 54.6 Å². The van der Waals surface area contributed by atoms with Crippen LogP contribution in [0.2, 0.25) is 0 Å². The number of aliphatic hydroxyl groups is 1. The molecule has 3 aromatic carbocycles. The first-order chi connectivity index (χ1) is 11.8. The molecule has 0 radical (unpaired) electrons. The number of rotatable bonds is 4. The van der Waals surface area contributed by atoms with Crippen LogP contribution in [0.25, 0.3) is 0 Å². The molecule has 0 atom stereocenters. The van der Waals surface area contributed by atoms with E-state index in [2.05, 4.69) is 43.3 Å². The average Bonchev–Trinajstić information content (AvgIpc) is 2.66. The molecule has 0 spiro atoms. The van der Waals surface area contributed by atoms with E-state index in [0.717, 1.165) is 7.11 Å². The third kappa shape index (κ3) is 10.9. The molecule has 0 fully saturated rings. The number of aryl methyl sites for hydroxylation is 1. The SMILES string of the molecule is C.CO.Cc1ccccc1.c1ccc(COCc2ccccc2)cc1. The third-order valence-corrected chi connectivity index (χ3v) is 3.16. The lowest BCUT2D eigenvalue weighted by atomic mass is 10.2. The normalized spacial score (nSPS) is 8.76. The standard InChI is InChI=1S/C14H14O.C7H8.CH4O.CH4/c1-3-7-13(8-4-1)11-15-12-14-9-5-2-6-10-14;1-7-5-3-2-4-6-7;1-2;/h1-10H,11-12H2;2-6H,1H3;2H,1H3;1H4. The zero-order chi connectivity index (χ0) is 17.5. The molecule has 25 heavy (non-hydrogen) atoms. The molecule has 0 saturated heterocycles. The van der Waals surface area contributed by atoms with Crippen LogP contribution >= 0.6 is 0 Å². The van der Waals surface area contributed by atoms with E-state index in [1.165, 1.54) is 16.7 Å². The van der Waals surface area contributed by atoms with E-state index in [0.29, 0.717) is 13.2 Å². The smallest absolute Gasteiger partial charge is 0.0721 e. The van der Waals surface area contributed by atoms with Crippen LogP contribution < -0.4 is 0 Å². The van der Waals surface area contributed by atoms with Crippen molar-refractivity contribution in [2.45, 2.75) is 27.6 Å². The Labute approximate surface area is 152 Å². The number of hydrogen-bond acceptors (Lipinski definition) is 2. The van der Waals surface area contributed by atoms with Gasteiger partial charge in [-0.3, -0.25) is 0 Å². The monoisotopic (exact) mass is 338 g/mol. The van der Waals surface area contributed by atoms with Gasteiger partial charge in [-0.1, -0.05) is 104 Å². The minimum Gasteiger partial charge on any atom is -0.400 e. The summed E-state index contributed by atoms with van der Waals surface area (Å²) < 4.78 is 5.61. The van der Waals surface area contributed by atoms with Crippen molar-refractivity contribution in [3.63, 3.8) is 0 Å². The molecule has 0 aliphatic heterocycles. The fourth-order valence-corrected chi connectivity index (χ4v) is 1.97. The van der Waals surface area contributed by atoms with Gasteiger partial charge < -0.3 is 9.84 Å². The van der Waals surface area contributed by atoms with E-state index >= 15 is 0 Å². The van der Waals surface area contributed by atoms with E-state index in [9.17, 15) is 0 Å². The first-order valence-corrected chi connectivity index (χ1v) is 7.96. The number of benzene rings is 3. The maximum absolute atomic E-state index is 7.00. The summed E-state index contributed by atoms with van der Waals surface area (Å²) in [7, 11) is 1.00. The molecule has 0 amide bonds. The molecule has 0 bridgehead atoms. The van der Waals surface area contributed by atoms with Gasteiger partial charge >= 0.3 is 0 Å². The molecule has 0 heterocycles. The highest BCUT2D eigenvalue weighted by Crippen LogP contribution is 2.05. The average molecular weight is 338 g/mol. The summed E-state index contributed by atoms with van der Waals surface area (Å²) in [6, 6.07) is 30.7. The van der Waals surface area contributed by atoms with Crippen molar-refractivity contribution in [3.8, 4) is 0 Å². The Hall–Kier alpha value is -2.42. The molecule has 3 rings (SSSR count). The van der Waals surface area contributed by atoms with Gasteiger partial charge in [-0.05, 0) is 18.1 Å². The first kappa shape index (κ1) is 22.6. The van der Waals surface area contributed by atoms with Crippen LogP contribution in [0, 0.1) is 6.92 Å². The summed E-state index contributed by atoms with van der Waals surface area (Å²) in [6.45, 7) is 3.44. The van der Waals surface area contributed by atoms with Crippen molar-refractivity contribution in [3.05, 3.63) is 108 Å². The van der Waals surface area contributed by atoms with E-state index in [-0.39, 0.29) is 7.43 Å². The summed E-state index contributed by atoms with van der Waals surface area (Å²) >= 11 is 0. The van der Waals surface area contributed by atoms with Crippen LogP contribution in [0.5, 0.6) is 0 Å². The lowest BCUT2D eigenvalue weighted by Crippen LogP contribution is -1.93. The Morgan fingerprint density at radius 3 is 1.20 bits per heavy atom. The van der Waals surface area contributed by atoms with Gasteiger partial charge in [0.05, 0.1) is 13.2 Å². The Balaban J connectivity index is 0.000000488. The molecule has 0 unspecified atom stereocenters. The van der Waals surface area contributed by atoms with Crippen LogP contribution in [0.15, 0.2) is 91.0 Å². The fraction of sp³-hybridized carbons (Fsp3) is 0.217. The molecular weight excluding hydrogens is 308 g/mol. The quantitative estimate of drug-likeness (QED) is 0.667. The van der Waals surface area contributed by atoms with Crippen LogP contribution in [0.3, 0.4) is 0 Å². The van der Waals surface area contributed by atoms with E-state index in [4.69, 9.17) is 9.84 Å². The molecule has 0 aliphatic rings. The topological polar surface area (TPSA) is 29.5 Å². The van der Waals surface area contributed by atoms with Crippen molar-refractivity contribution < 1.29 is 9.84 Å². The minimum absolute atomic E-state index is 0.